The van der Waals surface area contributed by atoms with Gasteiger partial charge in [-0.05, 0) is 99.1 Å². The molecule has 9 aromatic rings. The van der Waals surface area contributed by atoms with Crippen molar-refractivity contribution in [2.45, 2.75) is 20.6 Å². The molecule has 0 saturated carbocycles. The van der Waals surface area contributed by atoms with Gasteiger partial charge in [-0.1, -0.05) is 182 Å². The van der Waals surface area contributed by atoms with Gasteiger partial charge in [0.25, 0.3) is 0 Å². The lowest BCUT2D eigenvalue weighted by Crippen LogP contribution is -2.36. The van der Waals surface area contributed by atoms with Gasteiger partial charge in [-0.25, -0.2) is 0 Å². The van der Waals surface area contributed by atoms with Crippen LogP contribution in [0.4, 0.5) is 17.1 Å². The summed E-state index contributed by atoms with van der Waals surface area (Å²) in [5, 5.41) is 0. The Labute approximate surface area is 349 Å². The number of fused-ring (bicyclic) bond motifs is 11. The topological polar surface area (TPSA) is 12.5 Å². The minimum atomic E-state index is -0.553. The minimum Gasteiger partial charge on any atom is -0.457 e. The van der Waals surface area contributed by atoms with Crippen molar-refractivity contribution in [3.8, 4) is 22.6 Å². The van der Waals surface area contributed by atoms with Gasteiger partial charge in [0.05, 0.1) is 10.8 Å². The molecule has 1 aliphatic carbocycles. The van der Waals surface area contributed by atoms with Crippen molar-refractivity contribution in [3.63, 3.8) is 0 Å². The van der Waals surface area contributed by atoms with Crippen molar-refractivity contribution in [1.29, 1.82) is 0 Å². The van der Waals surface area contributed by atoms with Crippen LogP contribution in [0.1, 0.15) is 44.5 Å². The van der Waals surface area contributed by atoms with E-state index < -0.39 is 10.8 Å². The van der Waals surface area contributed by atoms with E-state index in [9.17, 15) is 0 Å². The van der Waals surface area contributed by atoms with E-state index in [0.717, 1.165) is 39.7 Å². The number of hydrogen-bond acceptors (Lipinski definition) is 3. The van der Waals surface area contributed by atoms with E-state index in [1.54, 1.807) is 0 Å². The van der Waals surface area contributed by atoms with E-state index in [1.165, 1.54) is 54.3 Å². The van der Waals surface area contributed by atoms with Gasteiger partial charge in [0.1, 0.15) is 11.5 Å². The molecule has 3 heteroatoms. The van der Waals surface area contributed by atoms with Gasteiger partial charge in [0, 0.05) is 38.0 Å². The highest BCUT2D eigenvalue weighted by Gasteiger charge is 2.50. The Balaban J connectivity index is 1.10. The maximum atomic E-state index is 6.64. The van der Waals surface area contributed by atoms with Gasteiger partial charge in [0.15, 0.2) is 0 Å². The smallest absolute Gasteiger partial charge is 0.132 e. The SMILES string of the molecule is c1ccc(N(c2ccc3c(c2)Sc2ccccc2C32c3ccccc3Oc3ccccc32)c2ccc3c(c2)C(c2ccccc2)(c2ccccc2)c2ccccc2-3)cc1. The van der Waals surface area contributed by atoms with Crippen LogP contribution in [0, 0.1) is 0 Å². The van der Waals surface area contributed by atoms with Crippen LogP contribution < -0.4 is 9.64 Å². The fourth-order valence-electron chi connectivity index (χ4n) is 10.3. The number of para-hydroxylation sites is 3. The van der Waals surface area contributed by atoms with Gasteiger partial charge in [-0.2, -0.15) is 0 Å². The fourth-order valence-corrected chi connectivity index (χ4v) is 11.6. The second-order valence-corrected chi connectivity index (χ2v) is 16.6. The van der Waals surface area contributed by atoms with E-state index in [-0.39, 0.29) is 0 Å². The first-order chi connectivity index (χ1) is 29.3. The Bertz CT molecular complexity index is 2960. The van der Waals surface area contributed by atoms with Crippen molar-refractivity contribution in [2.24, 2.45) is 0 Å². The molecule has 0 N–H and O–H groups in total. The summed E-state index contributed by atoms with van der Waals surface area (Å²) < 4.78 is 6.64. The second-order valence-electron chi connectivity index (χ2n) is 15.6. The Morgan fingerprint density at radius 2 is 0.814 bits per heavy atom. The largest absolute Gasteiger partial charge is 0.457 e. The van der Waals surface area contributed by atoms with E-state index in [1.807, 2.05) is 11.8 Å². The summed E-state index contributed by atoms with van der Waals surface area (Å²) in [6.07, 6.45) is 0. The molecule has 0 radical (unpaired) electrons. The normalized spacial score (nSPS) is 14.4. The molecule has 0 bridgehead atoms. The lowest BCUT2D eigenvalue weighted by atomic mass is 9.63. The zero-order valence-corrected chi connectivity index (χ0v) is 32.9. The lowest BCUT2D eigenvalue weighted by Gasteiger charge is -2.45. The highest BCUT2D eigenvalue weighted by Crippen LogP contribution is 2.62. The molecule has 9 aromatic carbocycles. The van der Waals surface area contributed by atoms with Crippen LogP contribution in [0.2, 0.25) is 0 Å². The zero-order valence-electron chi connectivity index (χ0n) is 32.1. The highest BCUT2D eigenvalue weighted by molar-refractivity contribution is 7.99. The summed E-state index contributed by atoms with van der Waals surface area (Å²) in [4.78, 5) is 4.91. The molecule has 2 aliphatic heterocycles. The number of hydrogen-bond donors (Lipinski definition) is 0. The van der Waals surface area contributed by atoms with Crippen LogP contribution in [-0.4, -0.2) is 0 Å². The molecule has 0 unspecified atom stereocenters. The number of anilines is 3. The molecular formula is C56H37NOS. The first kappa shape index (κ1) is 34.0. The summed E-state index contributed by atoms with van der Waals surface area (Å²) in [5.41, 5.74) is 14.8. The summed E-state index contributed by atoms with van der Waals surface area (Å²) in [6, 6.07) is 82.2. The second kappa shape index (κ2) is 13.2. The van der Waals surface area contributed by atoms with Crippen LogP contribution in [0.3, 0.4) is 0 Å². The molecule has 278 valence electrons. The number of ether oxygens (including phenoxy) is 1. The third kappa shape index (κ3) is 4.83. The third-order valence-electron chi connectivity index (χ3n) is 12.7. The first-order valence-electron chi connectivity index (χ1n) is 20.3. The zero-order chi connectivity index (χ0) is 39.0. The van der Waals surface area contributed by atoms with Crippen LogP contribution >= 0.6 is 11.8 Å². The van der Waals surface area contributed by atoms with Crippen molar-refractivity contribution in [2.75, 3.05) is 4.90 Å². The van der Waals surface area contributed by atoms with Crippen LogP contribution in [0.25, 0.3) is 11.1 Å². The predicted octanol–water partition coefficient (Wildman–Crippen LogP) is 14.5. The lowest BCUT2D eigenvalue weighted by molar-refractivity contribution is 0.431. The molecular weight excluding hydrogens is 735 g/mol. The number of benzene rings is 9. The molecule has 0 fully saturated rings. The van der Waals surface area contributed by atoms with Crippen molar-refractivity contribution >= 4 is 28.8 Å². The molecule has 0 amide bonds. The summed E-state index contributed by atoms with van der Waals surface area (Å²) in [6.45, 7) is 0. The maximum absolute atomic E-state index is 6.64. The van der Waals surface area contributed by atoms with Gasteiger partial charge in [-0.3, -0.25) is 0 Å². The van der Waals surface area contributed by atoms with E-state index in [2.05, 4.69) is 229 Å². The predicted molar refractivity (Wildman–Crippen MR) is 241 cm³/mol. The first-order valence-corrected chi connectivity index (χ1v) is 21.1. The van der Waals surface area contributed by atoms with Gasteiger partial charge in [-0.15, -0.1) is 0 Å². The van der Waals surface area contributed by atoms with Crippen LogP contribution in [0.5, 0.6) is 11.5 Å². The molecule has 1 spiro atoms. The van der Waals surface area contributed by atoms with E-state index >= 15 is 0 Å². The molecule has 2 nitrogen and oxygen atoms in total. The highest BCUT2D eigenvalue weighted by atomic mass is 32.2. The monoisotopic (exact) mass is 771 g/mol. The molecule has 0 atom stereocenters. The van der Waals surface area contributed by atoms with Crippen LogP contribution in [0.15, 0.2) is 234 Å². The van der Waals surface area contributed by atoms with Crippen molar-refractivity contribution in [3.05, 3.63) is 269 Å². The molecule has 0 aromatic heterocycles. The van der Waals surface area contributed by atoms with Crippen molar-refractivity contribution < 1.29 is 4.74 Å². The number of rotatable bonds is 5. The summed E-state index contributed by atoms with van der Waals surface area (Å²) in [5.74, 6) is 1.79. The molecule has 3 aliphatic rings. The molecule has 12 rings (SSSR count). The van der Waals surface area contributed by atoms with Crippen LogP contribution in [-0.2, 0) is 10.8 Å². The quantitative estimate of drug-likeness (QED) is 0.173. The minimum absolute atomic E-state index is 0.502. The number of nitrogens with zero attached hydrogens (tertiary/aromatic N) is 1. The van der Waals surface area contributed by atoms with Gasteiger partial charge >= 0.3 is 0 Å². The Morgan fingerprint density at radius 3 is 1.49 bits per heavy atom. The average molecular weight is 772 g/mol. The third-order valence-corrected chi connectivity index (χ3v) is 13.8. The standard InChI is InChI=1S/C56H37NOS/c1-4-18-38(19-5-1)55(39-20-6-2-7-21-39)45-25-11-10-24-43(45)44-34-32-41(36-50(44)55)57(40-22-8-3-9-23-40)42-33-35-49-54(37-42)59-53-31-17-14-28-48(53)56(49)46-26-12-15-29-51(46)58-52-30-16-13-27-47(52)56/h1-37H. The van der Waals surface area contributed by atoms with E-state index in [4.69, 9.17) is 4.74 Å². The van der Waals surface area contributed by atoms with E-state index in [0.29, 0.717) is 0 Å². The van der Waals surface area contributed by atoms with Crippen molar-refractivity contribution in [1.82, 2.24) is 0 Å². The summed E-state index contributed by atoms with van der Waals surface area (Å²) >= 11 is 1.86. The fraction of sp³-hybridized carbons (Fsp3) is 0.0357. The summed E-state index contributed by atoms with van der Waals surface area (Å²) in [7, 11) is 0. The Hall–Kier alpha value is -7.07. The average Bonchev–Trinajstić information content (AvgIpc) is 3.60. The van der Waals surface area contributed by atoms with Gasteiger partial charge < -0.3 is 9.64 Å². The van der Waals surface area contributed by atoms with Gasteiger partial charge in [0.2, 0.25) is 0 Å². The molecule has 59 heavy (non-hydrogen) atoms. The Kier molecular flexibility index (Phi) is 7.63. The molecule has 0 saturated heterocycles. The molecule has 2 heterocycles. The Morgan fingerprint density at radius 1 is 0.322 bits per heavy atom. The maximum Gasteiger partial charge on any atom is 0.132 e.